The fourth-order valence-electron chi connectivity index (χ4n) is 3.30. The molecular weight excluding hydrogens is 350 g/mol. The van der Waals surface area contributed by atoms with E-state index in [2.05, 4.69) is 22.4 Å². The number of nitrogens with one attached hydrogen (secondary N) is 1. The minimum Gasteiger partial charge on any atom is -0.496 e. The fourth-order valence-corrected chi connectivity index (χ4v) is 3.97. The second-order valence-corrected chi connectivity index (χ2v) is 7.54. The summed E-state index contributed by atoms with van der Waals surface area (Å²) in [4.78, 5) is 12.3. The summed E-state index contributed by atoms with van der Waals surface area (Å²) >= 11 is 1.29. The Morgan fingerprint density at radius 3 is 2.88 bits per heavy atom. The second kappa shape index (κ2) is 8.44. The Hall–Kier alpha value is -2.22. The van der Waals surface area contributed by atoms with Gasteiger partial charge < -0.3 is 15.9 Å². The van der Waals surface area contributed by atoms with Gasteiger partial charge in [0.05, 0.1) is 18.4 Å². The SMILES string of the molecule is COc1ccccc1-c1nnc(SCC(=O)N[C@@H]2CCCC[C@H]2C)n1N. The number of aromatic nitrogens is 3. The molecule has 7 nitrogen and oxygen atoms in total. The highest BCUT2D eigenvalue weighted by atomic mass is 32.2. The first-order valence-corrected chi connectivity index (χ1v) is 9.84. The summed E-state index contributed by atoms with van der Waals surface area (Å²) in [6.07, 6.45) is 4.67. The Morgan fingerprint density at radius 2 is 2.12 bits per heavy atom. The summed E-state index contributed by atoms with van der Waals surface area (Å²) in [7, 11) is 1.60. The molecule has 1 aromatic heterocycles. The Balaban J connectivity index is 1.62. The molecular formula is C18H25N5O2S. The van der Waals surface area contributed by atoms with Crippen molar-refractivity contribution in [1.29, 1.82) is 0 Å². The number of nitrogen functional groups attached to an aromatic ring is 1. The molecule has 3 rings (SSSR count). The summed E-state index contributed by atoms with van der Waals surface area (Å²) in [5.74, 6) is 8.13. The molecule has 3 N–H and O–H groups in total. The van der Waals surface area contributed by atoms with Gasteiger partial charge >= 0.3 is 0 Å². The first kappa shape index (κ1) is 18.6. The van der Waals surface area contributed by atoms with E-state index in [-0.39, 0.29) is 17.7 Å². The average molecular weight is 375 g/mol. The highest BCUT2D eigenvalue weighted by Crippen LogP contribution is 2.29. The number of methoxy groups -OCH3 is 1. The van der Waals surface area contributed by atoms with Crippen molar-refractivity contribution < 1.29 is 9.53 Å². The van der Waals surface area contributed by atoms with Crippen molar-refractivity contribution in [2.24, 2.45) is 5.92 Å². The molecule has 1 fully saturated rings. The lowest BCUT2D eigenvalue weighted by molar-refractivity contribution is -0.119. The molecule has 1 aliphatic rings. The summed E-state index contributed by atoms with van der Waals surface area (Å²) in [5, 5.41) is 11.9. The van der Waals surface area contributed by atoms with Crippen LogP contribution in [0, 0.1) is 5.92 Å². The lowest BCUT2D eigenvalue weighted by atomic mass is 9.86. The molecule has 1 heterocycles. The van der Waals surface area contributed by atoms with Gasteiger partial charge in [0.15, 0.2) is 5.82 Å². The van der Waals surface area contributed by atoms with Crippen LogP contribution in [-0.4, -0.2) is 39.7 Å². The Kier molecular flexibility index (Phi) is 6.03. The van der Waals surface area contributed by atoms with Crippen LogP contribution in [0.5, 0.6) is 5.75 Å². The van der Waals surface area contributed by atoms with Crippen LogP contribution in [0.4, 0.5) is 0 Å². The van der Waals surface area contributed by atoms with Crippen LogP contribution in [-0.2, 0) is 4.79 Å². The zero-order valence-electron chi connectivity index (χ0n) is 15.1. The van der Waals surface area contributed by atoms with Gasteiger partial charge in [0.2, 0.25) is 11.1 Å². The van der Waals surface area contributed by atoms with E-state index in [4.69, 9.17) is 10.6 Å². The number of hydrogen-bond donors (Lipinski definition) is 2. The third-order valence-corrected chi connectivity index (χ3v) is 5.75. The molecule has 2 atom stereocenters. The topological polar surface area (TPSA) is 95.1 Å². The monoisotopic (exact) mass is 375 g/mol. The number of carbonyl (C=O) groups excluding carboxylic acids is 1. The standard InChI is InChI=1S/C18H25N5O2S/c1-12-7-3-5-9-14(12)20-16(24)11-26-18-22-21-17(23(18)19)13-8-4-6-10-15(13)25-2/h4,6,8,10,12,14H,3,5,7,9,11,19H2,1-2H3,(H,20,24)/t12-,14-/m1/s1. The number of amides is 1. The van der Waals surface area contributed by atoms with E-state index < -0.39 is 0 Å². The van der Waals surface area contributed by atoms with Gasteiger partial charge in [-0.2, -0.15) is 0 Å². The van der Waals surface area contributed by atoms with Gasteiger partial charge in [-0.05, 0) is 30.9 Å². The molecule has 1 amide bonds. The maximum absolute atomic E-state index is 12.3. The zero-order chi connectivity index (χ0) is 18.5. The minimum absolute atomic E-state index is 0.00981. The van der Waals surface area contributed by atoms with Gasteiger partial charge in [-0.15, -0.1) is 10.2 Å². The lowest BCUT2D eigenvalue weighted by Gasteiger charge is -2.29. The average Bonchev–Trinajstić information content (AvgIpc) is 3.02. The van der Waals surface area contributed by atoms with Crippen molar-refractivity contribution in [3.05, 3.63) is 24.3 Å². The molecule has 1 aromatic carbocycles. The van der Waals surface area contributed by atoms with Crippen molar-refractivity contribution in [2.45, 2.75) is 43.8 Å². The van der Waals surface area contributed by atoms with Gasteiger partial charge in [0.1, 0.15) is 5.75 Å². The maximum Gasteiger partial charge on any atom is 0.230 e. The van der Waals surface area contributed by atoms with E-state index >= 15 is 0 Å². The van der Waals surface area contributed by atoms with Crippen molar-refractivity contribution in [3.63, 3.8) is 0 Å². The molecule has 8 heteroatoms. The molecule has 1 saturated carbocycles. The Bertz CT molecular complexity index is 764. The van der Waals surface area contributed by atoms with Gasteiger partial charge in [-0.3, -0.25) is 4.79 Å². The zero-order valence-corrected chi connectivity index (χ0v) is 16.0. The number of thioether (sulfide) groups is 1. The number of ether oxygens (including phenoxy) is 1. The number of para-hydroxylation sites is 1. The fraction of sp³-hybridized carbons (Fsp3) is 0.500. The van der Waals surface area contributed by atoms with Gasteiger partial charge in [-0.25, -0.2) is 4.68 Å². The quantitative estimate of drug-likeness (QED) is 0.595. The molecule has 0 aliphatic heterocycles. The van der Waals surface area contributed by atoms with E-state index in [1.54, 1.807) is 7.11 Å². The number of hydrogen-bond acceptors (Lipinski definition) is 6. The molecule has 2 aromatic rings. The summed E-state index contributed by atoms with van der Waals surface area (Å²) < 4.78 is 6.75. The molecule has 140 valence electrons. The van der Waals surface area contributed by atoms with Crippen LogP contribution < -0.4 is 15.9 Å². The van der Waals surface area contributed by atoms with Crippen molar-refractivity contribution in [2.75, 3.05) is 18.7 Å². The Labute approximate surface area is 157 Å². The van der Waals surface area contributed by atoms with Crippen LogP contribution in [0.15, 0.2) is 29.4 Å². The van der Waals surface area contributed by atoms with Crippen molar-refractivity contribution >= 4 is 17.7 Å². The van der Waals surface area contributed by atoms with E-state index in [0.717, 1.165) is 12.0 Å². The van der Waals surface area contributed by atoms with Gasteiger partial charge in [0.25, 0.3) is 0 Å². The van der Waals surface area contributed by atoms with Crippen LogP contribution in [0.1, 0.15) is 32.6 Å². The van der Waals surface area contributed by atoms with Crippen molar-refractivity contribution in [1.82, 2.24) is 20.2 Å². The number of benzene rings is 1. The molecule has 26 heavy (non-hydrogen) atoms. The first-order chi connectivity index (χ1) is 12.6. The van der Waals surface area contributed by atoms with Crippen LogP contribution in [0.2, 0.25) is 0 Å². The highest BCUT2D eigenvalue weighted by molar-refractivity contribution is 7.99. The maximum atomic E-state index is 12.3. The highest BCUT2D eigenvalue weighted by Gasteiger charge is 2.23. The summed E-state index contributed by atoms with van der Waals surface area (Å²) in [6.45, 7) is 2.20. The number of rotatable bonds is 6. The molecule has 0 unspecified atom stereocenters. The van der Waals surface area contributed by atoms with Crippen LogP contribution >= 0.6 is 11.8 Å². The van der Waals surface area contributed by atoms with Crippen LogP contribution in [0.25, 0.3) is 11.4 Å². The molecule has 0 bridgehead atoms. The molecule has 1 aliphatic carbocycles. The lowest BCUT2D eigenvalue weighted by Crippen LogP contribution is -2.41. The van der Waals surface area contributed by atoms with E-state index in [9.17, 15) is 4.79 Å². The predicted molar refractivity (Wildman–Crippen MR) is 102 cm³/mol. The molecule has 0 saturated heterocycles. The van der Waals surface area contributed by atoms with Gasteiger partial charge in [0, 0.05) is 6.04 Å². The minimum atomic E-state index is 0.00981. The number of nitrogens with zero attached hydrogens (tertiary/aromatic N) is 3. The molecule has 0 radical (unpaired) electrons. The number of carbonyl (C=O) groups is 1. The first-order valence-electron chi connectivity index (χ1n) is 8.86. The largest absolute Gasteiger partial charge is 0.496 e. The smallest absolute Gasteiger partial charge is 0.230 e. The van der Waals surface area contributed by atoms with Crippen LogP contribution in [0.3, 0.4) is 0 Å². The van der Waals surface area contributed by atoms with Crippen molar-refractivity contribution in [3.8, 4) is 17.1 Å². The third kappa shape index (κ3) is 4.12. The third-order valence-electron chi connectivity index (χ3n) is 4.80. The van der Waals surface area contributed by atoms with Gasteiger partial charge in [-0.1, -0.05) is 43.7 Å². The molecule has 0 spiro atoms. The second-order valence-electron chi connectivity index (χ2n) is 6.60. The Morgan fingerprint density at radius 1 is 1.35 bits per heavy atom. The number of nitrogens with two attached hydrogens (primary N) is 1. The summed E-state index contributed by atoms with van der Waals surface area (Å²) in [5.41, 5.74) is 0.761. The predicted octanol–water partition coefficient (Wildman–Crippen LogP) is 2.45. The van der Waals surface area contributed by atoms with E-state index in [1.165, 1.54) is 35.7 Å². The summed E-state index contributed by atoms with van der Waals surface area (Å²) in [6, 6.07) is 7.76. The van der Waals surface area contributed by atoms with E-state index in [1.807, 2.05) is 24.3 Å². The van der Waals surface area contributed by atoms with E-state index in [0.29, 0.717) is 22.6 Å². The normalized spacial score (nSPS) is 19.9.